The molecule has 0 bridgehead atoms. The summed E-state index contributed by atoms with van der Waals surface area (Å²) in [4.78, 5) is 4.84. The largest absolute Gasteiger partial charge is 0.491 e. The fraction of sp³-hybridized carbons (Fsp3) is 0.143. The predicted molar refractivity (Wildman–Crippen MR) is 118 cm³/mol. The van der Waals surface area contributed by atoms with Gasteiger partial charge < -0.3 is 21.6 Å². The molecule has 0 unspecified atom stereocenters. The zero-order valence-electron chi connectivity index (χ0n) is 15.6. The molecule has 0 aliphatic carbocycles. The number of anilines is 2. The quantitative estimate of drug-likeness (QED) is 0.200. The summed E-state index contributed by atoms with van der Waals surface area (Å²) in [6, 6.07) is 15.8. The van der Waals surface area contributed by atoms with Gasteiger partial charge in [0, 0.05) is 32.8 Å². The molecule has 6 nitrogen and oxygen atoms in total. The third-order valence-corrected chi connectivity index (χ3v) is 5.25. The summed E-state index contributed by atoms with van der Waals surface area (Å²) < 4.78 is 6.96. The molecule has 4 rings (SSSR count). The van der Waals surface area contributed by atoms with E-state index in [2.05, 4.69) is 21.9 Å². The van der Waals surface area contributed by atoms with Crippen molar-refractivity contribution in [1.29, 1.82) is 0 Å². The van der Waals surface area contributed by atoms with Gasteiger partial charge >= 0.3 is 0 Å². The number of fused-ring (bicyclic) bond motifs is 3. The Hall–Kier alpha value is -3.32. The summed E-state index contributed by atoms with van der Waals surface area (Å²) >= 11 is 1.68. The Kier molecular flexibility index (Phi) is 4.75. The third-order valence-electron chi connectivity index (χ3n) is 4.30. The first kappa shape index (κ1) is 18.1. The summed E-state index contributed by atoms with van der Waals surface area (Å²) in [5.74, 6) is 7.20. The van der Waals surface area contributed by atoms with Crippen LogP contribution in [0.3, 0.4) is 0 Å². The van der Waals surface area contributed by atoms with Crippen molar-refractivity contribution in [1.82, 2.24) is 4.98 Å². The summed E-state index contributed by atoms with van der Waals surface area (Å²) in [7, 11) is 0. The molecule has 2 aromatic heterocycles. The van der Waals surface area contributed by atoms with Crippen molar-refractivity contribution in [3.8, 4) is 5.75 Å². The van der Waals surface area contributed by atoms with Gasteiger partial charge in [0.05, 0.1) is 11.6 Å². The second-order valence-electron chi connectivity index (χ2n) is 6.69. The second-order valence-corrected chi connectivity index (χ2v) is 7.61. The third kappa shape index (κ3) is 3.44. The Bertz CT molecular complexity index is 1180. The molecule has 2 aromatic carbocycles. The van der Waals surface area contributed by atoms with Crippen LogP contribution >= 0.6 is 11.3 Å². The number of nitrogens with two attached hydrogens (primary N) is 2. The van der Waals surface area contributed by atoms with Crippen LogP contribution in [0.4, 0.5) is 11.5 Å². The normalized spacial score (nSPS) is 12.0. The zero-order valence-corrected chi connectivity index (χ0v) is 16.5. The lowest BCUT2D eigenvalue weighted by atomic mass is 10.1. The smallest absolute Gasteiger partial charge is 0.150 e. The molecule has 0 amide bonds. The first-order chi connectivity index (χ1) is 13.5. The number of hydrogen-bond acceptors (Lipinski definition) is 6. The molecule has 0 atom stereocenters. The highest BCUT2D eigenvalue weighted by Crippen LogP contribution is 2.35. The van der Waals surface area contributed by atoms with Crippen molar-refractivity contribution in [2.75, 3.05) is 5.32 Å². The lowest BCUT2D eigenvalue weighted by Crippen LogP contribution is -2.15. The molecule has 5 N–H and O–H groups in total. The summed E-state index contributed by atoms with van der Waals surface area (Å²) in [6.07, 6.45) is 0.116. The van der Waals surface area contributed by atoms with Gasteiger partial charge in [0.15, 0.2) is 0 Å². The highest BCUT2D eigenvalue weighted by atomic mass is 32.1. The standard InChI is InChI=1S/C21H21N5OS/c1-12(2)27-15-5-3-4-14(11-15)24-21-17-8-9-28-19(17)16-7-6-13(20(22)26-23)10-18(16)25-21/h3-12H,23H2,1-2H3,(H2,22,26)(H,24,25). The van der Waals surface area contributed by atoms with E-state index in [0.29, 0.717) is 0 Å². The van der Waals surface area contributed by atoms with Crippen molar-refractivity contribution in [3.63, 3.8) is 0 Å². The van der Waals surface area contributed by atoms with Gasteiger partial charge in [-0.15, -0.1) is 11.3 Å². The molecule has 0 fully saturated rings. The number of pyridine rings is 1. The first-order valence-corrected chi connectivity index (χ1v) is 9.81. The van der Waals surface area contributed by atoms with Gasteiger partial charge in [-0.25, -0.2) is 4.98 Å². The fourth-order valence-electron chi connectivity index (χ4n) is 3.09. The van der Waals surface area contributed by atoms with E-state index >= 15 is 0 Å². The second kappa shape index (κ2) is 7.36. The fourth-order valence-corrected chi connectivity index (χ4v) is 4.02. The number of hydrazone groups is 1. The van der Waals surface area contributed by atoms with Crippen LogP contribution in [0.25, 0.3) is 21.0 Å². The Morgan fingerprint density at radius 3 is 2.79 bits per heavy atom. The van der Waals surface area contributed by atoms with Crippen molar-refractivity contribution in [2.45, 2.75) is 20.0 Å². The van der Waals surface area contributed by atoms with Gasteiger partial charge in [-0.1, -0.05) is 18.2 Å². The van der Waals surface area contributed by atoms with Crippen LogP contribution in [-0.2, 0) is 0 Å². The van der Waals surface area contributed by atoms with Gasteiger partial charge in [0.25, 0.3) is 0 Å². The molecule has 28 heavy (non-hydrogen) atoms. The molecule has 2 heterocycles. The number of nitrogens with zero attached hydrogens (tertiary/aromatic N) is 2. The van der Waals surface area contributed by atoms with Gasteiger partial charge in [0.2, 0.25) is 0 Å². The van der Waals surface area contributed by atoms with Crippen molar-refractivity contribution in [2.24, 2.45) is 16.7 Å². The number of aromatic nitrogens is 1. The van der Waals surface area contributed by atoms with Crippen molar-refractivity contribution in [3.05, 3.63) is 59.5 Å². The van der Waals surface area contributed by atoms with Crippen LogP contribution in [0.15, 0.2) is 59.0 Å². The number of hydrogen-bond donors (Lipinski definition) is 3. The van der Waals surface area contributed by atoms with Gasteiger partial charge in [-0.05, 0) is 43.5 Å². The maximum Gasteiger partial charge on any atom is 0.150 e. The lowest BCUT2D eigenvalue weighted by molar-refractivity contribution is 0.242. The van der Waals surface area contributed by atoms with E-state index in [1.54, 1.807) is 11.3 Å². The molecular weight excluding hydrogens is 370 g/mol. The van der Waals surface area contributed by atoms with E-state index in [1.165, 1.54) is 0 Å². The Morgan fingerprint density at radius 2 is 2.00 bits per heavy atom. The Labute approximate surface area is 166 Å². The minimum absolute atomic E-state index is 0.116. The van der Waals surface area contributed by atoms with Crippen LogP contribution in [0.2, 0.25) is 0 Å². The van der Waals surface area contributed by atoms with Crippen LogP contribution in [0, 0.1) is 0 Å². The average molecular weight is 392 g/mol. The molecule has 0 aliphatic heterocycles. The predicted octanol–water partition coefficient (Wildman–Crippen LogP) is 4.56. The molecule has 0 spiro atoms. The minimum Gasteiger partial charge on any atom is -0.491 e. The van der Waals surface area contributed by atoms with Crippen molar-refractivity contribution < 1.29 is 4.74 Å². The SMILES string of the molecule is CC(C)Oc1cccc(Nc2nc3cc(/C(N)=N/N)ccc3c3sccc23)c1. The number of ether oxygens (including phenoxy) is 1. The highest BCUT2D eigenvalue weighted by Gasteiger charge is 2.12. The summed E-state index contributed by atoms with van der Waals surface area (Å²) in [5.41, 5.74) is 8.36. The van der Waals surface area contributed by atoms with Gasteiger partial charge in [-0.3, -0.25) is 0 Å². The van der Waals surface area contributed by atoms with Crippen LogP contribution in [0.1, 0.15) is 19.4 Å². The van der Waals surface area contributed by atoms with E-state index in [4.69, 9.17) is 21.3 Å². The highest BCUT2D eigenvalue weighted by molar-refractivity contribution is 7.18. The summed E-state index contributed by atoms with van der Waals surface area (Å²) in [6.45, 7) is 4.02. The van der Waals surface area contributed by atoms with Gasteiger partial charge in [-0.2, -0.15) is 5.10 Å². The molecule has 142 valence electrons. The number of benzene rings is 2. The topological polar surface area (TPSA) is 98.5 Å². The molecule has 0 saturated carbocycles. The van der Waals surface area contributed by atoms with Crippen LogP contribution in [-0.4, -0.2) is 16.9 Å². The molecule has 7 heteroatoms. The first-order valence-electron chi connectivity index (χ1n) is 8.93. The maximum absolute atomic E-state index is 5.87. The number of nitrogens with one attached hydrogen (secondary N) is 1. The lowest BCUT2D eigenvalue weighted by Gasteiger charge is -2.13. The Balaban J connectivity index is 1.80. The maximum atomic E-state index is 5.87. The molecule has 0 saturated heterocycles. The zero-order chi connectivity index (χ0) is 19.7. The van der Waals surface area contributed by atoms with Gasteiger partial charge in [0.1, 0.15) is 17.4 Å². The van der Waals surface area contributed by atoms with E-state index < -0.39 is 0 Å². The van der Waals surface area contributed by atoms with Crippen LogP contribution in [0.5, 0.6) is 5.75 Å². The van der Waals surface area contributed by atoms with E-state index in [-0.39, 0.29) is 11.9 Å². The molecule has 0 aliphatic rings. The minimum atomic E-state index is 0.116. The molecule has 0 radical (unpaired) electrons. The molecule has 4 aromatic rings. The average Bonchev–Trinajstić information content (AvgIpc) is 3.17. The number of thiophene rings is 1. The van der Waals surface area contributed by atoms with E-state index in [9.17, 15) is 0 Å². The van der Waals surface area contributed by atoms with Crippen LogP contribution < -0.4 is 21.6 Å². The summed E-state index contributed by atoms with van der Waals surface area (Å²) in [5, 5.41) is 11.2. The van der Waals surface area contributed by atoms with E-state index in [1.807, 2.05) is 56.3 Å². The number of rotatable bonds is 5. The number of amidine groups is 1. The molecular formula is C21H21N5OS. The van der Waals surface area contributed by atoms with Crippen molar-refractivity contribution >= 4 is 49.7 Å². The Morgan fingerprint density at radius 1 is 1.14 bits per heavy atom. The monoisotopic (exact) mass is 391 g/mol. The van der Waals surface area contributed by atoms with E-state index in [0.717, 1.165) is 43.8 Å².